The first-order valence-corrected chi connectivity index (χ1v) is 10.1. The van der Waals surface area contributed by atoms with Crippen molar-refractivity contribution < 1.29 is 14.3 Å². The highest BCUT2D eigenvalue weighted by molar-refractivity contribution is 5.83. The number of nitrogens with one attached hydrogen (secondary N) is 1. The monoisotopic (exact) mass is 381 g/mol. The number of methoxy groups -OCH3 is 1. The summed E-state index contributed by atoms with van der Waals surface area (Å²) in [6.07, 6.45) is 2.53. The summed E-state index contributed by atoms with van der Waals surface area (Å²) in [5.41, 5.74) is 2.06. The molecule has 0 aromatic heterocycles. The van der Waals surface area contributed by atoms with Gasteiger partial charge in [-0.2, -0.15) is 0 Å². The van der Waals surface area contributed by atoms with Gasteiger partial charge in [-0.15, -0.1) is 0 Å². The van der Waals surface area contributed by atoms with Crippen LogP contribution in [0.3, 0.4) is 0 Å². The third kappa shape index (κ3) is 5.59. The molecule has 2 aromatic carbocycles. The van der Waals surface area contributed by atoms with Gasteiger partial charge in [-0.05, 0) is 68.4 Å². The first-order chi connectivity index (χ1) is 13.5. The Balaban J connectivity index is 1.65. The van der Waals surface area contributed by atoms with Crippen LogP contribution in [0.25, 0.3) is 0 Å². The van der Waals surface area contributed by atoms with Crippen molar-refractivity contribution >= 4 is 11.5 Å². The number of carbonyl (C=O) groups is 1. The molecule has 150 valence electrons. The fourth-order valence-corrected chi connectivity index (χ4v) is 4.11. The summed E-state index contributed by atoms with van der Waals surface area (Å²) in [5, 5.41) is 3.24. The van der Waals surface area contributed by atoms with Gasteiger partial charge in [-0.1, -0.05) is 30.3 Å². The van der Waals surface area contributed by atoms with Crippen molar-refractivity contribution in [2.24, 2.45) is 5.92 Å². The minimum absolute atomic E-state index is 0.125. The van der Waals surface area contributed by atoms with E-state index >= 15 is 0 Å². The summed E-state index contributed by atoms with van der Waals surface area (Å²) in [5.74, 6) is 1.72. The maximum absolute atomic E-state index is 12.8. The summed E-state index contributed by atoms with van der Waals surface area (Å²) in [6, 6.07) is 18.1. The molecule has 1 fully saturated rings. The van der Waals surface area contributed by atoms with Crippen LogP contribution < -0.4 is 10.1 Å². The summed E-state index contributed by atoms with van der Waals surface area (Å²) >= 11 is 0. The third-order valence-corrected chi connectivity index (χ3v) is 5.56. The number of carbonyl (C=O) groups excluding carboxylic acids is 1. The molecule has 2 atom stereocenters. The predicted molar refractivity (Wildman–Crippen MR) is 113 cm³/mol. The second kappa shape index (κ2) is 9.24. The Morgan fingerprint density at radius 3 is 2.54 bits per heavy atom. The zero-order chi connectivity index (χ0) is 20.0. The van der Waals surface area contributed by atoms with Crippen LogP contribution in [0.4, 0.5) is 5.69 Å². The van der Waals surface area contributed by atoms with Crippen LogP contribution in [0.15, 0.2) is 54.6 Å². The maximum atomic E-state index is 12.8. The molecule has 3 rings (SSSR count). The van der Waals surface area contributed by atoms with E-state index in [1.807, 2.05) is 30.3 Å². The molecule has 4 nitrogen and oxygen atoms in total. The van der Waals surface area contributed by atoms with Crippen molar-refractivity contribution in [2.45, 2.75) is 44.6 Å². The lowest BCUT2D eigenvalue weighted by Crippen LogP contribution is -2.37. The van der Waals surface area contributed by atoms with E-state index in [0.29, 0.717) is 18.9 Å². The Hall–Kier alpha value is -2.33. The molecule has 0 radical (unpaired) electrons. The smallest absolute Gasteiger partial charge is 0.152 e. The number of hydrogen-bond acceptors (Lipinski definition) is 4. The largest absolute Gasteiger partial charge is 0.497 e. The summed E-state index contributed by atoms with van der Waals surface area (Å²) in [4.78, 5) is 12.8. The van der Waals surface area contributed by atoms with Gasteiger partial charge in [-0.3, -0.25) is 4.79 Å². The molecular weight excluding hydrogens is 350 g/mol. The van der Waals surface area contributed by atoms with Gasteiger partial charge in [-0.25, -0.2) is 0 Å². The molecule has 28 heavy (non-hydrogen) atoms. The molecule has 1 aliphatic heterocycles. The Kier molecular flexibility index (Phi) is 6.74. The van der Waals surface area contributed by atoms with Crippen molar-refractivity contribution in [1.29, 1.82) is 0 Å². The van der Waals surface area contributed by atoms with E-state index in [9.17, 15) is 4.79 Å². The van der Waals surface area contributed by atoms with Gasteiger partial charge in [0, 0.05) is 18.7 Å². The minimum Gasteiger partial charge on any atom is -0.497 e. The van der Waals surface area contributed by atoms with Crippen LogP contribution >= 0.6 is 0 Å². The van der Waals surface area contributed by atoms with E-state index in [1.165, 1.54) is 5.56 Å². The van der Waals surface area contributed by atoms with Crippen LogP contribution in [0, 0.1) is 5.92 Å². The lowest BCUT2D eigenvalue weighted by molar-refractivity contribution is -0.119. The Bertz CT molecular complexity index is 755. The number of anilines is 1. The standard InChI is InChI=1S/C24H31NO3/c1-24(2)16-19(13-14-28-24)23(18-7-5-4-6-8-18)15-21(26)17-25-20-9-11-22(27-3)12-10-20/h4-12,19,23,25H,13-17H2,1-3H3. The minimum atomic E-state index is -0.125. The summed E-state index contributed by atoms with van der Waals surface area (Å²) in [6.45, 7) is 5.39. The van der Waals surface area contributed by atoms with Gasteiger partial charge in [0.15, 0.2) is 5.78 Å². The molecule has 0 saturated carbocycles. The fourth-order valence-electron chi connectivity index (χ4n) is 4.11. The molecule has 0 aliphatic carbocycles. The molecule has 0 spiro atoms. The molecule has 1 aliphatic rings. The zero-order valence-electron chi connectivity index (χ0n) is 17.1. The van der Waals surface area contributed by atoms with Gasteiger partial charge < -0.3 is 14.8 Å². The van der Waals surface area contributed by atoms with E-state index in [4.69, 9.17) is 9.47 Å². The van der Waals surface area contributed by atoms with Gasteiger partial charge in [0.25, 0.3) is 0 Å². The molecule has 0 bridgehead atoms. The summed E-state index contributed by atoms with van der Waals surface area (Å²) in [7, 11) is 1.65. The molecular formula is C24H31NO3. The second-order valence-corrected chi connectivity index (χ2v) is 8.20. The Morgan fingerprint density at radius 2 is 1.89 bits per heavy atom. The molecule has 0 amide bonds. The van der Waals surface area contributed by atoms with Crippen LogP contribution in [-0.4, -0.2) is 31.6 Å². The molecule has 1 saturated heterocycles. The number of ketones is 1. The number of ether oxygens (including phenoxy) is 2. The van der Waals surface area contributed by atoms with E-state index in [2.05, 4.69) is 43.4 Å². The molecule has 1 N–H and O–H groups in total. The van der Waals surface area contributed by atoms with E-state index < -0.39 is 0 Å². The van der Waals surface area contributed by atoms with Gasteiger partial charge >= 0.3 is 0 Å². The van der Waals surface area contributed by atoms with Crippen molar-refractivity contribution in [3.63, 3.8) is 0 Å². The Morgan fingerprint density at radius 1 is 1.18 bits per heavy atom. The normalized spacial score (nSPS) is 19.6. The first-order valence-electron chi connectivity index (χ1n) is 10.1. The van der Waals surface area contributed by atoms with Crippen molar-refractivity contribution in [1.82, 2.24) is 0 Å². The average Bonchev–Trinajstić information content (AvgIpc) is 2.70. The number of benzene rings is 2. The first kappa shape index (κ1) is 20.4. The van der Waals surface area contributed by atoms with E-state index in [1.54, 1.807) is 7.11 Å². The van der Waals surface area contributed by atoms with Crippen LogP contribution in [0.2, 0.25) is 0 Å². The highest BCUT2D eigenvalue weighted by Gasteiger charge is 2.34. The van der Waals surface area contributed by atoms with Gasteiger partial charge in [0.1, 0.15) is 5.75 Å². The lowest BCUT2D eigenvalue weighted by Gasteiger charge is -2.39. The van der Waals surface area contributed by atoms with E-state index in [-0.39, 0.29) is 17.3 Å². The highest BCUT2D eigenvalue weighted by atomic mass is 16.5. The third-order valence-electron chi connectivity index (χ3n) is 5.56. The number of rotatable bonds is 8. The van der Waals surface area contributed by atoms with Crippen molar-refractivity contribution in [3.05, 3.63) is 60.2 Å². The fraction of sp³-hybridized carbons (Fsp3) is 0.458. The molecule has 2 unspecified atom stereocenters. The Labute approximate surface area is 168 Å². The second-order valence-electron chi connectivity index (χ2n) is 8.20. The zero-order valence-corrected chi connectivity index (χ0v) is 17.1. The number of Topliss-reactive ketones (excluding diaryl/α,β-unsaturated/α-hetero) is 1. The topological polar surface area (TPSA) is 47.6 Å². The van der Waals surface area contributed by atoms with Crippen LogP contribution in [-0.2, 0) is 9.53 Å². The van der Waals surface area contributed by atoms with Gasteiger partial charge in [0.05, 0.1) is 19.3 Å². The lowest BCUT2D eigenvalue weighted by atomic mass is 9.74. The molecule has 1 heterocycles. The predicted octanol–water partition coefficient (Wildman–Crippen LogP) is 5.06. The van der Waals surface area contributed by atoms with Crippen molar-refractivity contribution in [2.75, 3.05) is 25.6 Å². The molecule has 2 aromatic rings. The van der Waals surface area contributed by atoms with Crippen molar-refractivity contribution in [3.8, 4) is 5.75 Å². The number of hydrogen-bond donors (Lipinski definition) is 1. The highest BCUT2D eigenvalue weighted by Crippen LogP contribution is 2.40. The SMILES string of the molecule is COc1ccc(NCC(=O)CC(c2ccccc2)C2CCOC(C)(C)C2)cc1. The molecule has 4 heteroatoms. The van der Waals surface area contributed by atoms with E-state index in [0.717, 1.165) is 30.9 Å². The summed E-state index contributed by atoms with van der Waals surface area (Å²) < 4.78 is 11.1. The maximum Gasteiger partial charge on any atom is 0.152 e. The van der Waals surface area contributed by atoms with Crippen LogP contribution in [0.5, 0.6) is 5.75 Å². The average molecular weight is 382 g/mol. The van der Waals surface area contributed by atoms with Crippen LogP contribution in [0.1, 0.15) is 44.6 Å². The quantitative estimate of drug-likeness (QED) is 0.695. The van der Waals surface area contributed by atoms with Gasteiger partial charge in [0.2, 0.25) is 0 Å².